The first kappa shape index (κ1) is 10.8. The first-order valence-electron chi connectivity index (χ1n) is 6.04. The van der Waals surface area contributed by atoms with E-state index in [1.54, 1.807) is 6.20 Å². The number of pyridine rings is 1. The fourth-order valence-corrected chi connectivity index (χ4v) is 2.46. The van der Waals surface area contributed by atoms with E-state index in [9.17, 15) is 0 Å². The highest BCUT2D eigenvalue weighted by molar-refractivity contribution is 5.66. The number of fused-ring (bicyclic) bond motifs is 1. The summed E-state index contributed by atoms with van der Waals surface area (Å²) in [4.78, 5) is 6.39. The van der Waals surface area contributed by atoms with Crippen molar-refractivity contribution in [1.29, 1.82) is 5.26 Å². The Balaban J connectivity index is 1.93. The minimum absolute atomic E-state index is 0.681. The van der Waals surface area contributed by atoms with Crippen molar-refractivity contribution in [3.63, 3.8) is 0 Å². The maximum Gasteiger partial charge on any atom is 0.103 e. The van der Waals surface area contributed by atoms with Crippen LogP contribution in [0.3, 0.4) is 0 Å². The third kappa shape index (κ3) is 1.82. The first-order valence-corrected chi connectivity index (χ1v) is 6.04. The van der Waals surface area contributed by atoms with Crippen LogP contribution in [-0.2, 0) is 13.0 Å². The molecule has 0 saturated carbocycles. The summed E-state index contributed by atoms with van der Waals surface area (Å²) in [5.74, 6) is 0. The topological polar surface area (TPSA) is 39.9 Å². The van der Waals surface area contributed by atoms with E-state index in [1.165, 1.54) is 11.1 Å². The molecule has 3 rings (SSSR count). The second kappa shape index (κ2) is 4.50. The van der Waals surface area contributed by atoms with Gasteiger partial charge < -0.3 is 4.90 Å². The Morgan fingerprint density at radius 2 is 2.06 bits per heavy atom. The highest BCUT2D eigenvalue weighted by Gasteiger charge is 2.22. The molecule has 1 aliphatic rings. The van der Waals surface area contributed by atoms with Crippen LogP contribution >= 0.6 is 0 Å². The summed E-state index contributed by atoms with van der Waals surface area (Å²) in [6, 6.07) is 12.6. The van der Waals surface area contributed by atoms with E-state index >= 15 is 0 Å². The second-order valence-corrected chi connectivity index (χ2v) is 4.46. The predicted octanol–water partition coefficient (Wildman–Crippen LogP) is 2.52. The summed E-state index contributed by atoms with van der Waals surface area (Å²) in [5.41, 5.74) is 4.20. The lowest BCUT2D eigenvalue weighted by Gasteiger charge is -2.20. The summed E-state index contributed by atoms with van der Waals surface area (Å²) in [7, 11) is 0. The smallest absolute Gasteiger partial charge is 0.103 e. The van der Waals surface area contributed by atoms with Crippen molar-refractivity contribution in [1.82, 2.24) is 4.98 Å². The van der Waals surface area contributed by atoms with Gasteiger partial charge >= 0.3 is 0 Å². The van der Waals surface area contributed by atoms with Gasteiger partial charge in [-0.3, -0.25) is 4.98 Å². The van der Waals surface area contributed by atoms with Gasteiger partial charge in [-0.25, -0.2) is 0 Å². The SMILES string of the molecule is N#Cc1cncc2c1N(Cc1ccccc1)CC2. The molecule has 0 atom stereocenters. The van der Waals surface area contributed by atoms with Gasteiger partial charge in [0.15, 0.2) is 0 Å². The quantitative estimate of drug-likeness (QED) is 0.803. The van der Waals surface area contributed by atoms with Crippen molar-refractivity contribution >= 4 is 5.69 Å². The van der Waals surface area contributed by atoms with Gasteiger partial charge in [0.25, 0.3) is 0 Å². The van der Waals surface area contributed by atoms with Crippen LogP contribution in [-0.4, -0.2) is 11.5 Å². The van der Waals surface area contributed by atoms with Crippen molar-refractivity contribution in [3.8, 4) is 6.07 Å². The lowest BCUT2D eigenvalue weighted by atomic mass is 10.1. The fraction of sp³-hybridized carbons (Fsp3) is 0.200. The molecule has 0 aliphatic carbocycles. The van der Waals surface area contributed by atoms with Gasteiger partial charge in [-0.2, -0.15) is 5.26 Å². The number of hydrogen-bond acceptors (Lipinski definition) is 3. The predicted molar refractivity (Wildman–Crippen MR) is 70.1 cm³/mol. The average molecular weight is 235 g/mol. The zero-order valence-electron chi connectivity index (χ0n) is 10.0. The van der Waals surface area contributed by atoms with Gasteiger partial charge in [-0.1, -0.05) is 30.3 Å². The van der Waals surface area contributed by atoms with Gasteiger partial charge in [0.2, 0.25) is 0 Å². The van der Waals surface area contributed by atoms with Crippen LogP contribution < -0.4 is 4.90 Å². The summed E-state index contributed by atoms with van der Waals surface area (Å²) in [5, 5.41) is 9.17. The lowest BCUT2D eigenvalue weighted by molar-refractivity contribution is 0.835. The summed E-state index contributed by atoms with van der Waals surface area (Å²) in [6.45, 7) is 1.82. The van der Waals surface area contributed by atoms with Crippen molar-refractivity contribution in [3.05, 3.63) is 59.4 Å². The zero-order valence-corrected chi connectivity index (χ0v) is 10.0. The summed E-state index contributed by atoms with van der Waals surface area (Å²) >= 11 is 0. The van der Waals surface area contributed by atoms with E-state index in [1.807, 2.05) is 24.4 Å². The van der Waals surface area contributed by atoms with E-state index in [0.717, 1.165) is 25.2 Å². The Bertz CT molecular complexity index is 599. The maximum atomic E-state index is 9.17. The van der Waals surface area contributed by atoms with Crippen LogP contribution in [0.5, 0.6) is 0 Å². The van der Waals surface area contributed by atoms with Gasteiger partial charge in [-0.05, 0) is 17.5 Å². The summed E-state index contributed by atoms with van der Waals surface area (Å²) in [6.07, 6.45) is 4.51. The molecule has 3 nitrogen and oxygen atoms in total. The molecule has 3 heteroatoms. The molecular formula is C15H13N3. The van der Waals surface area contributed by atoms with Crippen LogP contribution in [0.25, 0.3) is 0 Å². The zero-order chi connectivity index (χ0) is 12.4. The Morgan fingerprint density at radius 1 is 1.22 bits per heavy atom. The molecule has 88 valence electrons. The molecule has 1 aromatic heterocycles. The third-order valence-electron chi connectivity index (χ3n) is 3.30. The highest BCUT2D eigenvalue weighted by Crippen LogP contribution is 2.31. The standard InChI is InChI=1S/C15H13N3/c16-8-14-10-17-9-13-6-7-18(15(13)14)11-12-4-2-1-3-5-12/h1-5,9-10H,6-7,11H2. The van der Waals surface area contributed by atoms with Gasteiger partial charge in [0.05, 0.1) is 11.3 Å². The minimum Gasteiger partial charge on any atom is -0.365 e. The van der Waals surface area contributed by atoms with Crippen LogP contribution in [0.4, 0.5) is 5.69 Å². The van der Waals surface area contributed by atoms with Crippen molar-refractivity contribution in [2.45, 2.75) is 13.0 Å². The van der Waals surface area contributed by atoms with E-state index in [2.05, 4.69) is 28.1 Å². The van der Waals surface area contributed by atoms with E-state index in [4.69, 9.17) is 5.26 Å². The van der Waals surface area contributed by atoms with Crippen LogP contribution in [0, 0.1) is 11.3 Å². The number of hydrogen-bond donors (Lipinski definition) is 0. The number of nitrogens with zero attached hydrogens (tertiary/aromatic N) is 3. The number of nitriles is 1. The molecule has 1 aromatic carbocycles. The highest BCUT2D eigenvalue weighted by atomic mass is 15.1. The molecule has 0 radical (unpaired) electrons. The first-order chi connectivity index (χ1) is 8.88. The van der Waals surface area contributed by atoms with Crippen molar-refractivity contribution in [2.75, 3.05) is 11.4 Å². The van der Waals surface area contributed by atoms with Gasteiger partial charge in [0.1, 0.15) is 6.07 Å². The fourth-order valence-electron chi connectivity index (χ4n) is 2.46. The Morgan fingerprint density at radius 3 is 2.83 bits per heavy atom. The molecule has 0 unspecified atom stereocenters. The van der Waals surface area contributed by atoms with Gasteiger partial charge in [-0.15, -0.1) is 0 Å². The molecule has 0 saturated heterocycles. The van der Waals surface area contributed by atoms with Crippen LogP contribution in [0.15, 0.2) is 42.7 Å². The number of aromatic nitrogens is 1. The molecule has 0 bridgehead atoms. The molecule has 0 N–H and O–H groups in total. The lowest BCUT2D eigenvalue weighted by Crippen LogP contribution is -2.20. The maximum absolute atomic E-state index is 9.17. The van der Waals surface area contributed by atoms with Gasteiger partial charge in [0, 0.05) is 25.5 Å². The van der Waals surface area contributed by atoms with E-state index in [-0.39, 0.29) is 0 Å². The van der Waals surface area contributed by atoms with Crippen molar-refractivity contribution < 1.29 is 0 Å². The molecular weight excluding hydrogens is 222 g/mol. The normalized spacial score (nSPS) is 13.2. The largest absolute Gasteiger partial charge is 0.365 e. The Kier molecular flexibility index (Phi) is 2.70. The van der Waals surface area contributed by atoms with E-state index in [0.29, 0.717) is 5.56 Å². The number of benzene rings is 1. The van der Waals surface area contributed by atoms with Crippen LogP contribution in [0.2, 0.25) is 0 Å². The number of rotatable bonds is 2. The Hall–Kier alpha value is -2.34. The van der Waals surface area contributed by atoms with Crippen LogP contribution in [0.1, 0.15) is 16.7 Å². The molecule has 0 fully saturated rings. The average Bonchev–Trinajstić information content (AvgIpc) is 2.83. The second-order valence-electron chi connectivity index (χ2n) is 4.46. The molecule has 2 aromatic rings. The molecule has 0 amide bonds. The molecule has 1 aliphatic heterocycles. The monoisotopic (exact) mass is 235 g/mol. The minimum atomic E-state index is 0.681. The summed E-state index contributed by atoms with van der Waals surface area (Å²) < 4.78 is 0. The third-order valence-corrected chi connectivity index (χ3v) is 3.30. The number of anilines is 1. The molecule has 18 heavy (non-hydrogen) atoms. The molecule has 2 heterocycles. The molecule has 0 spiro atoms. The Labute approximate surface area is 106 Å². The van der Waals surface area contributed by atoms with E-state index < -0.39 is 0 Å². The van der Waals surface area contributed by atoms with Crippen molar-refractivity contribution in [2.24, 2.45) is 0 Å².